The maximum Gasteiger partial charge on any atom is 0.336 e. The van der Waals surface area contributed by atoms with Crippen LogP contribution in [-0.4, -0.2) is 29.9 Å². The molecule has 0 spiro atoms. The highest BCUT2D eigenvalue weighted by molar-refractivity contribution is 5.84. The van der Waals surface area contributed by atoms with Gasteiger partial charge >= 0.3 is 5.63 Å². The van der Waals surface area contributed by atoms with Gasteiger partial charge in [0.2, 0.25) is 0 Å². The van der Waals surface area contributed by atoms with Gasteiger partial charge in [0.25, 0.3) is 0 Å². The highest BCUT2D eigenvalue weighted by Crippen LogP contribution is 2.27. The van der Waals surface area contributed by atoms with Crippen molar-refractivity contribution in [3.63, 3.8) is 0 Å². The van der Waals surface area contributed by atoms with Crippen molar-refractivity contribution in [3.8, 4) is 5.75 Å². The SMILES string of the molecule is Cc1c(O)ccc2c(C[NH+]3CCC[C@H](CO)C3)cc(=O)oc12. The van der Waals surface area contributed by atoms with Gasteiger partial charge in [-0.15, -0.1) is 0 Å². The average molecular weight is 304 g/mol. The van der Waals surface area contributed by atoms with Gasteiger partial charge in [-0.2, -0.15) is 0 Å². The van der Waals surface area contributed by atoms with Crippen LogP contribution in [0.25, 0.3) is 11.0 Å². The van der Waals surface area contributed by atoms with Gasteiger partial charge in [-0.25, -0.2) is 4.79 Å². The minimum absolute atomic E-state index is 0.137. The fourth-order valence-electron chi connectivity index (χ4n) is 3.40. The van der Waals surface area contributed by atoms with Crippen molar-refractivity contribution in [1.82, 2.24) is 0 Å². The molecule has 2 atom stereocenters. The van der Waals surface area contributed by atoms with E-state index in [1.165, 1.54) is 4.90 Å². The van der Waals surface area contributed by atoms with Crippen LogP contribution >= 0.6 is 0 Å². The molecule has 1 saturated heterocycles. The molecule has 1 unspecified atom stereocenters. The van der Waals surface area contributed by atoms with E-state index in [1.54, 1.807) is 19.1 Å². The quantitative estimate of drug-likeness (QED) is 0.726. The molecule has 1 aliphatic heterocycles. The molecule has 0 saturated carbocycles. The average Bonchev–Trinajstić information content (AvgIpc) is 2.51. The van der Waals surface area contributed by atoms with Crippen LogP contribution in [0.1, 0.15) is 24.0 Å². The van der Waals surface area contributed by atoms with E-state index in [4.69, 9.17) is 4.42 Å². The number of quaternary nitrogens is 1. The van der Waals surface area contributed by atoms with Crippen LogP contribution in [-0.2, 0) is 6.54 Å². The molecule has 3 N–H and O–H groups in total. The van der Waals surface area contributed by atoms with Crippen molar-refractivity contribution in [1.29, 1.82) is 0 Å². The van der Waals surface area contributed by atoms with Gasteiger partial charge in [-0.05, 0) is 31.9 Å². The fourth-order valence-corrected chi connectivity index (χ4v) is 3.40. The van der Waals surface area contributed by atoms with Crippen molar-refractivity contribution in [2.24, 2.45) is 5.92 Å². The zero-order chi connectivity index (χ0) is 15.7. The van der Waals surface area contributed by atoms with Gasteiger partial charge in [0.1, 0.15) is 17.9 Å². The van der Waals surface area contributed by atoms with E-state index < -0.39 is 0 Å². The normalized spacial score (nSPS) is 22.1. The Hall–Kier alpha value is -1.85. The van der Waals surface area contributed by atoms with Gasteiger partial charge in [0.05, 0.1) is 19.7 Å². The first-order valence-electron chi connectivity index (χ1n) is 7.78. The Morgan fingerprint density at radius 2 is 2.23 bits per heavy atom. The molecule has 1 aromatic carbocycles. The largest absolute Gasteiger partial charge is 0.508 e. The number of aliphatic hydroxyl groups excluding tert-OH is 1. The van der Waals surface area contributed by atoms with Crippen molar-refractivity contribution in [2.45, 2.75) is 26.3 Å². The summed E-state index contributed by atoms with van der Waals surface area (Å²) < 4.78 is 5.28. The van der Waals surface area contributed by atoms with Crippen LogP contribution in [0.3, 0.4) is 0 Å². The minimum Gasteiger partial charge on any atom is -0.508 e. The number of fused-ring (bicyclic) bond motifs is 1. The summed E-state index contributed by atoms with van der Waals surface area (Å²) in [6.45, 7) is 4.70. The van der Waals surface area contributed by atoms with Crippen molar-refractivity contribution in [3.05, 3.63) is 39.7 Å². The standard InChI is InChI=1S/C17H21NO4/c1-11-15(20)5-4-14-13(7-16(21)22-17(11)14)9-18-6-2-3-12(8-18)10-19/h4-5,7,12,19-20H,2-3,6,8-10H2,1H3/p+1/t12-/m0/s1. The van der Waals surface area contributed by atoms with Crippen LogP contribution in [0.4, 0.5) is 0 Å². The first kappa shape index (κ1) is 15.1. The molecule has 3 rings (SSSR count). The summed E-state index contributed by atoms with van der Waals surface area (Å²) in [5.74, 6) is 0.486. The Kier molecular flexibility index (Phi) is 4.18. The second kappa shape index (κ2) is 6.10. The molecule has 1 aromatic heterocycles. The molecule has 0 aliphatic carbocycles. The zero-order valence-electron chi connectivity index (χ0n) is 12.8. The number of benzene rings is 1. The highest BCUT2D eigenvalue weighted by Gasteiger charge is 2.23. The van der Waals surface area contributed by atoms with E-state index in [0.717, 1.165) is 43.4 Å². The number of phenolic OH excluding ortho intramolecular Hbond substituents is 1. The van der Waals surface area contributed by atoms with Crippen LogP contribution < -0.4 is 10.5 Å². The molecule has 0 bridgehead atoms. The van der Waals surface area contributed by atoms with Crippen LogP contribution in [0.15, 0.2) is 27.4 Å². The molecule has 2 heterocycles. The summed E-state index contributed by atoms with van der Waals surface area (Å²) in [5, 5.41) is 20.0. The molecule has 0 radical (unpaired) electrons. The number of likely N-dealkylation sites (tertiary alicyclic amines) is 1. The third kappa shape index (κ3) is 2.87. The summed E-state index contributed by atoms with van der Waals surface area (Å²) in [5.41, 5.74) is 1.63. The first-order chi connectivity index (χ1) is 10.6. The lowest BCUT2D eigenvalue weighted by Gasteiger charge is -2.29. The summed E-state index contributed by atoms with van der Waals surface area (Å²) in [4.78, 5) is 13.2. The minimum atomic E-state index is -0.383. The molecular weight excluding hydrogens is 282 g/mol. The molecule has 0 amide bonds. The number of hydrogen-bond donors (Lipinski definition) is 3. The summed E-state index contributed by atoms with van der Waals surface area (Å²) in [7, 11) is 0. The van der Waals surface area contributed by atoms with Gasteiger partial charge in [0, 0.05) is 28.5 Å². The molecule has 2 aromatic rings. The van der Waals surface area contributed by atoms with Gasteiger partial charge in [-0.1, -0.05) is 0 Å². The molecule has 118 valence electrons. The fraction of sp³-hybridized carbons (Fsp3) is 0.471. The van der Waals surface area contributed by atoms with E-state index in [0.29, 0.717) is 17.1 Å². The van der Waals surface area contributed by atoms with Gasteiger partial charge < -0.3 is 19.5 Å². The zero-order valence-corrected chi connectivity index (χ0v) is 12.8. The Labute approximate surface area is 128 Å². The van der Waals surface area contributed by atoms with E-state index in [2.05, 4.69) is 0 Å². The van der Waals surface area contributed by atoms with Crippen LogP contribution in [0.5, 0.6) is 5.75 Å². The number of rotatable bonds is 3. The number of piperidine rings is 1. The van der Waals surface area contributed by atoms with Crippen molar-refractivity contribution in [2.75, 3.05) is 19.7 Å². The number of aryl methyl sites for hydroxylation is 1. The molecule has 5 heteroatoms. The topological polar surface area (TPSA) is 75.1 Å². The summed E-state index contributed by atoms with van der Waals surface area (Å²) in [6.07, 6.45) is 2.17. The van der Waals surface area contributed by atoms with Gasteiger partial charge in [-0.3, -0.25) is 0 Å². The predicted molar refractivity (Wildman–Crippen MR) is 83.1 cm³/mol. The second-order valence-electron chi connectivity index (χ2n) is 6.25. The maximum atomic E-state index is 11.8. The number of phenols is 1. The van der Waals surface area contributed by atoms with Gasteiger partial charge in [0.15, 0.2) is 0 Å². The Balaban J connectivity index is 1.97. The molecule has 1 aliphatic rings. The van der Waals surface area contributed by atoms with E-state index in [1.807, 2.05) is 6.07 Å². The van der Waals surface area contributed by atoms with E-state index in [9.17, 15) is 15.0 Å². The summed E-state index contributed by atoms with van der Waals surface area (Å²) in [6, 6.07) is 5.00. The molecular formula is C17H22NO4+. The highest BCUT2D eigenvalue weighted by atomic mass is 16.4. The van der Waals surface area contributed by atoms with Crippen LogP contribution in [0.2, 0.25) is 0 Å². The lowest BCUT2D eigenvalue weighted by atomic mass is 9.98. The third-order valence-electron chi connectivity index (χ3n) is 4.64. The Bertz CT molecular complexity index is 737. The number of aromatic hydroxyl groups is 1. The number of aliphatic hydroxyl groups is 1. The van der Waals surface area contributed by atoms with Crippen molar-refractivity contribution >= 4 is 11.0 Å². The third-order valence-corrected chi connectivity index (χ3v) is 4.64. The predicted octanol–water partition coefficient (Wildman–Crippen LogP) is 0.594. The lowest BCUT2D eigenvalue weighted by molar-refractivity contribution is -0.922. The number of hydrogen-bond acceptors (Lipinski definition) is 4. The monoisotopic (exact) mass is 304 g/mol. The number of nitrogens with one attached hydrogen (secondary N) is 1. The Morgan fingerprint density at radius 1 is 1.41 bits per heavy atom. The first-order valence-corrected chi connectivity index (χ1v) is 7.78. The van der Waals surface area contributed by atoms with E-state index >= 15 is 0 Å². The molecule has 22 heavy (non-hydrogen) atoms. The smallest absolute Gasteiger partial charge is 0.336 e. The Morgan fingerprint density at radius 3 is 3.00 bits per heavy atom. The lowest BCUT2D eigenvalue weighted by Crippen LogP contribution is -3.12. The maximum absolute atomic E-state index is 11.8. The van der Waals surface area contributed by atoms with Crippen LogP contribution in [0, 0.1) is 12.8 Å². The van der Waals surface area contributed by atoms with Crippen molar-refractivity contribution < 1.29 is 19.5 Å². The second-order valence-corrected chi connectivity index (χ2v) is 6.25. The molecule has 1 fully saturated rings. The van der Waals surface area contributed by atoms with E-state index in [-0.39, 0.29) is 18.0 Å². The molecule has 5 nitrogen and oxygen atoms in total. The summed E-state index contributed by atoms with van der Waals surface area (Å²) >= 11 is 0.